The summed E-state index contributed by atoms with van der Waals surface area (Å²) in [7, 11) is 0. The van der Waals surface area contributed by atoms with E-state index in [2.05, 4.69) is 20.2 Å². The summed E-state index contributed by atoms with van der Waals surface area (Å²) < 4.78 is 0. The van der Waals surface area contributed by atoms with E-state index in [0.29, 0.717) is 0 Å². The highest BCUT2D eigenvalue weighted by Crippen LogP contribution is 2.00. The van der Waals surface area contributed by atoms with Crippen molar-refractivity contribution in [3.8, 4) is 0 Å². The Labute approximate surface area is 78.0 Å². The van der Waals surface area contributed by atoms with Crippen LogP contribution in [-0.2, 0) is 6.54 Å². The molecule has 0 spiro atoms. The van der Waals surface area contributed by atoms with Gasteiger partial charge in [0.1, 0.15) is 0 Å². The van der Waals surface area contributed by atoms with E-state index < -0.39 is 0 Å². The number of hydrogen-bond acceptors (Lipinski definition) is 4. The number of hydrogen-bond donors (Lipinski definition) is 1. The molecule has 0 amide bonds. The third-order valence-electron chi connectivity index (χ3n) is 2.21. The van der Waals surface area contributed by atoms with Crippen LogP contribution in [0.25, 0.3) is 0 Å². The van der Waals surface area contributed by atoms with Gasteiger partial charge in [0.25, 0.3) is 0 Å². The van der Waals surface area contributed by atoms with Gasteiger partial charge in [0.15, 0.2) is 0 Å². The van der Waals surface area contributed by atoms with Crippen LogP contribution >= 0.6 is 0 Å². The fraction of sp³-hybridized carbons (Fsp3) is 0.556. The molecule has 0 saturated carbocycles. The predicted octanol–water partition coefficient (Wildman–Crippen LogP) is -0.118. The minimum absolute atomic E-state index is 0.926. The zero-order valence-electron chi connectivity index (χ0n) is 7.61. The molecule has 0 aromatic carbocycles. The Balaban J connectivity index is 1.90. The number of nitrogens with zero attached hydrogens (tertiary/aromatic N) is 3. The molecule has 13 heavy (non-hydrogen) atoms. The number of aromatic nitrogens is 2. The van der Waals surface area contributed by atoms with Crippen molar-refractivity contribution in [1.29, 1.82) is 0 Å². The van der Waals surface area contributed by atoms with E-state index in [1.54, 1.807) is 12.4 Å². The molecular weight excluding hydrogens is 164 g/mol. The molecule has 0 bridgehead atoms. The van der Waals surface area contributed by atoms with Gasteiger partial charge in [-0.1, -0.05) is 0 Å². The SMILES string of the molecule is c1cnc(CN2CCNCC2)cn1. The summed E-state index contributed by atoms with van der Waals surface area (Å²) in [4.78, 5) is 10.7. The standard InChI is InChI=1S/C9H14N4/c1-2-12-9(7-11-1)8-13-5-3-10-4-6-13/h1-2,7,10H,3-6,8H2. The number of nitrogens with one attached hydrogen (secondary N) is 1. The number of rotatable bonds is 2. The van der Waals surface area contributed by atoms with Gasteiger partial charge < -0.3 is 5.32 Å². The van der Waals surface area contributed by atoms with Crippen molar-refractivity contribution in [2.24, 2.45) is 0 Å². The maximum absolute atomic E-state index is 4.25. The average Bonchev–Trinajstić information content (AvgIpc) is 2.21. The van der Waals surface area contributed by atoms with Crippen LogP contribution in [0.1, 0.15) is 5.69 Å². The van der Waals surface area contributed by atoms with E-state index in [1.165, 1.54) is 0 Å². The van der Waals surface area contributed by atoms with Crippen LogP contribution in [0.4, 0.5) is 0 Å². The molecule has 1 aromatic rings. The molecule has 1 fully saturated rings. The lowest BCUT2D eigenvalue weighted by Crippen LogP contribution is -2.43. The van der Waals surface area contributed by atoms with Crippen LogP contribution in [0.15, 0.2) is 18.6 Å². The van der Waals surface area contributed by atoms with E-state index >= 15 is 0 Å². The molecule has 1 aliphatic rings. The van der Waals surface area contributed by atoms with Crippen LogP contribution in [0.3, 0.4) is 0 Å². The monoisotopic (exact) mass is 178 g/mol. The van der Waals surface area contributed by atoms with Crippen LogP contribution in [0.2, 0.25) is 0 Å². The van der Waals surface area contributed by atoms with Crippen LogP contribution in [-0.4, -0.2) is 41.0 Å². The van der Waals surface area contributed by atoms with Crippen LogP contribution < -0.4 is 5.32 Å². The second-order valence-corrected chi connectivity index (χ2v) is 3.22. The van der Waals surface area contributed by atoms with Gasteiger partial charge in [-0.3, -0.25) is 14.9 Å². The molecule has 1 saturated heterocycles. The molecular formula is C9H14N4. The Morgan fingerprint density at radius 3 is 2.85 bits per heavy atom. The molecule has 2 rings (SSSR count). The van der Waals surface area contributed by atoms with Crippen molar-refractivity contribution < 1.29 is 0 Å². The molecule has 0 atom stereocenters. The summed E-state index contributed by atoms with van der Waals surface area (Å²) in [6, 6.07) is 0. The molecule has 2 heterocycles. The lowest BCUT2D eigenvalue weighted by Gasteiger charge is -2.26. The zero-order valence-corrected chi connectivity index (χ0v) is 7.61. The summed E-state index contributed by atoms with van der Waals surface area (Å²) in [5, 5.41) is 3.32. The van der Waals surface area contributed by atoms with Gasteiger partial charge in [-0.2, -0.15) is 0 Å². The highest BCUT2D eigenvalue weighted by atomic mass is 15.2. The minimum Gasteiger partial charge on any atom is -0.314 e. The molecule has 0 unspecified atom stereocenters. The Bertz CT molecular complexity index is 243. The van der Waals surface area contributed by atoms with E-state index in [0.717, 1.165) is 38.4 Å². The molecule has 70 valence electrons. The van der Waals surface area contributed by atoms with Crippen molar-refractivity contribution in [2.45, 2.75) is 6.54 Å². The fourth-order valence-electron chi connectivity index (χ4n) is 1.51. The third-order valence-corrected chi connectivity index (χ3v) is 2.21. The number of piperazine rings is 1. The second-order valence-electron chi connectivity index (χ2n) is 3.22. The Morgan fingerprint density at radius 1 is 1.31 bits per heavy atom. The van der Waals surface area contributed by atoms with Crippen molar-refractivity contribution in [3.63, 3.8) is 0 Å². The van der Waals surface area contributed by atoms with Crippen molar-refractivity contribution in [1.82, 2.24) is 20.2 Å². The van der Waals surface area contributed by atoms with E-state index in [9.17, 15) is 0 Å². The van der Waals surface area contributed by atoms with Gasteiger partial charge in [0.05, 0.1) is 5.69 Å². The fourth-order valence-corrected chi connectivity index (χ4v) is 1.51. The third kappa shape index (κ3) is 2.47. The Kier molecular flexibility index (Phi) is 2.84. The smallest absolute Gasteiger partial charge is 0.0726 e. The molecule has 0 radical (unpaired) electrons. The first-order chi connectivity index (χ1) is 6.45. The lowest BCUT2D eigenvalue weighted by molar-refractivity contribution is 0.230. The Morgan fingerprint density at radius 2 is 2.15 bits per heavy atom. The second kappa shape index (κ2) is 4.30. The van der Waals surface area contributed by atoms with Gasteiger partial charge in [-0.25, -0.2) is 0 Å². The maximum atomic E-state index is 4.25. The minimum atomic E-state index is 0.926. The highest BCUT2D eigenvalue weighted by molar-refractivity contribution is 4.94. The summed E-state index contributed by atoms with van der Waals surface area (Å²) in [6.45, 7) is 5.31. The summed E-state index contributed by atoms with van der Waals surface area (Å²) in [5.74, 6) is 0. The van der Waals surface area contributed by atoms with Gasteiger partial charge in [-0.05, 0) is 0 Å². The lowest BCUT2D eigenvalue weighted by atomic mass is 10.3. The normalized spacial score (nSPS) is 18.8. The summed E-state index contributed by atoms with van der Waals surface area (Å²) >= 11 is 0. The average molecular weight is 178 g/mol. The predicted molar refractivity (Wildman–Crippen MR) is 50.2 cm³/mol. The van der Waals surface area contributed by atoms with Gasteiger partial charge in [-0.15, -0.1) is 0 Å². The molecule has 1 aliphatic heterocycles. The molecule has 4 nitrogen and oxygen atoms in total. The molecule has 4 heteroatoms. The summed E-state index contributed by atoms with van der Waals surface area (Å²) in [6.07, 6.45) is 5.29. The van der Waals surface area contributed by atoms with Crippen molar-refractivity contribution in [3.05, 3.63) is 24.3 Å². The van der Waals surface area contributed by atoms with E-state index in [1.807, 2.05) is 6.20 Å². The van der Waals surface area contributed by atoms with E-state index in [-0.39, 0.29) is 0 Å². The van der Waals surface area contributed by atoms with Gasteiger partial charge in [0, 0.05) is 51.3 Å². The largest absolute Gasteiger partial charge is 0.314 e. The zero-order chi connectivity index (χ0) is 8.93. The topological polar surface area (TPSA) is 41.1 Å². The highest BCUT2D eigenvalue weighted by Gasteiger charge is 2.09. The van der Waals surface area contributed by atoms with Crippen molar-refractivity contribution in [2.75, 3.05) is 26.2 Å². The Hall–Kier alpha value is -1.00. The molecule has 0 aliphatic carbocycles. The van der Waals surface area contributed by atoms with Crippen LogP contribution in [0, 0.1) is 0 Å². The first-order valence-corrected chi connectivity index (χ1v) is 4.63. The quantitative estimate of drug-likeness (QED) is 0.685. The van der Waals surface area contributed by atoms with Crippen molar-refractivity contribution >= 4 is 0 Å². The molecule has 1 N–H and O–H groups in total. The van der Waals surface area contributed by atoms with E-state index in [4.69, 9.17) is 0 Å². The van der Waals surface area contributed by atoms with Gasteiger partial charge >= 0.3 is 0 Å². The first-order valence-electron chi connectivity index (χ1n) is 4.63. The van der Waals surface area contributed by atoms with Gasteiger partial charge in [0.2, 0.25) is 0 Å². The first kappa shape index (κ1) is 8.59. The summed E-state index contributed by atoms with van der Waals surface area (Å²) in [5.41, 5.74) is 1.06. The molecule has 1 aromatic heterocycles. The van der Waals surface area contributed by atoms with Crippen LogP contribution in [0.5, 0.6) is 0 Å². The maximum Gasteiger partial charge on any atom is 0.0726 e.